The molecule has 0 aliphatic rings. The van der Waals surface area contributed by atoms with E-state index in [1.54, 1.807) is 37.6 Å². The highest BCUT2D eigenvalue weighted by Crippen LogP contribution is 2.16. The summed E-state index contributed by atoms with van der Waals surface area (Å²) in [4.78, 5) is 3.55. The van der Waals surface area contributed by atoms with Crippen molar-refractivity contribution >= 4 is 10.0 Å². The van der Waals surface area contributed by atoms with Crippen LogP contribution in [0.2, 0.25) is 0 Å². The van der Waals surface area contributed by atoms with Gasteiger partial charge in [-0.1, -0.05) is 12.1 Å². The minimum atomic E-state index is -3.91. The third-order valence-corrected chi connectivity index (χ3v) is 4.27. The second-order valence-corrected chi connectivity index (χ2v) is 6.22. The van der Waals surface area contributed by atoms with Gasteiger partial charge in [0.25, 0.3) is 0 Å². The molecule has 0 saturated carbocycles. The highest BCUT2D eigenvalue weighted by Gasteiger charge is 2.19. The Morgan fingerprint density at radius 1 is 1.19 bits per heavy atom. The largest absolute Gasteiger partial charge is 0.316 e. The lowest BCUT2D eigenvalue weighted by Crippen LogP contribution is -2.24. The smallest absolute Gasteiger partial charge is 0.243 e. The first-order chi connectivity index (χ1) is 10.0. The molecule has 5 nitrogen and oxygen atoms in total. The number of halogens is 1. The van der Waals surface area contributed by atoms with E-state index in [2.05, 4.69) is 15.0 Å². The maximum Gasteiger partial charge on any atom is 0.243 e. The van der Waals surface area contributed by atoms with Crippen molar-refractivity contribution in [1.29, 1.82) is 0 Å². The maximum atomic E-state index is 13.8. The second kappa shape index (κ2) is 6.75. The third kappa shape index (κ3) is 4.07. The van der Waals surface area contributed by atoms with Gasteiger partial charge in [0, 0.05) is 25.5 Å². The van der Waals surface area contributed by atoms with Crippen molar-refractivity contribution in [1.82, 2.24) is 15.0 Å². The molecule has 0 amide bonds. The van der Waals surface area contributed by atoms with E-state index in [0.29, 0.717) is 17.7 Å². The molecule has 2 N–H and O–H groups in total. The Labute approximate surface area is 123 Å². The summed E-state index contributed by atoms with van der Waals surface area (Å²) in [5, 5.41) is 2.89. The number of nitrogens with one attached hydrogen (secondary N) is 2. The summed E-state index contributed by atoms with van der Waals surface area (Å²) < 4.78 is 40.5. The number of benzene rings is 1. The van der Waals surface area contributed by atoms with Gasteiger partial charge in [-0.05, 0) is 36.4 Å². The SMILES string of the molecule is CNCc1ccc(F)c(S(=O)(=O)NCc2cccnc2)c1. The molecule has 0 unspecified atom stereocenters. The number of pyridine rings is 1. The number of hydrogen-bond donors (Lipinski definition) is 2. The Hall–Kier alpha value is -1.83. The molecule has 0 atom stereocenters. The van der Waals surface area contributed by atoms with Gasteiger partial charge in [-0.15, -0.1) is 0 Å². The average molecular weight is 309 g/mol. The van der Waals surface area contributed by atoms with Gasteiger partial charge in [0.15, 0.2) is 0 Å². The molecule has 112 valence electrons. The van der Waals surface area contributed by atoms with Crippen LogP contribution in [0.3, 0.4) is 0 Å². The predicted octanol–water partition coefficient (Wildman–Crippen LogP) is 1.42. The van der Waals surface area contributed by atoms with Crippen molar-refractivity contribution in [3.8, 4) is 0 Å². The fraction of sp³-hybridized carbons (Fsp3) is 0.214. The van der Waals surface area contributed by atoms with Gasteiger partial charge in [-0.2, -0.15) is 0 Å². The van der Waals surface area contributed by atoms with Crippen molar-refractivity contribution in [2.75, 3.05) is 7.05 Å². The van der Waals surface area contributed by atoms with E-state index in [1.165, 1.54) is 6.07 Å². The van der Waals surface area contributed by atoms with Crippen LogP contribution >= 0.6 is 0 Å². The summed E-state index contributed by atoms with van der Waals surface area (Å²) in [6.07, 6.45) is 3.15. The van der Waals surface area contributed by atoms with Gasteiger partial charge < -0.3 is 5.32 Å². The van der Waals surface area contributed by atoms with Crippen molar-refractivity contribution in [2.24, 2.45) is 0 Å². The molecule has 1 heterocycles. The minimum Gasteiger partial charge on any atom is -0.316 e. The predicted molar refractivity (Wildman–Crippen MR) is 77.4 cm³/mol. The number of aromatic nitrogens is 1. The zero-order valence-electron chi connectivity index (χ0n) is 11.5. The lowest BCUT2D eigenvalue weighted by atomic mass is 10.2. The summed E-state index contributed by atoms with van der Waals surface area (Å²) >= 11 is 0. The zero-order valence-corrected chi connectivity index (χ0v) is 12.3. The van der Waals surface area contributed by atoms with Gasteiger partial charge >= 0.3 is 0 Å². The van der Waals surface area contributed by atoms with Gasteiger partial charge in [0.2, 0.25) is 10.0 Å². The molecule has 7 heteroatoms. The van der Waals surface area contributed by atoms with Gasteiger partial charge in [-0.3, -0.25) is 4.98 Å². The van der Waals surface area contributed by atoms with Crippen LogP contribution in [-0.4, -0.2) is 20.4 Å². The Kier molecular flexibility index (Phi) is 5.00. The van der Waals surface area contributed by atoms with Crippen molar-refractivity contribution < 1.29 is 12.8 Å². The van der Waals surface area contributed by atoms with Crippen molar-refractivity contribution in [2.45, 2.75) is 18.0 Å². The molecule has 0 bridgehead atoms. The third-order valence-electron chi connectivity index (χ3n) is 2.86. The molecule has 2 rings (SSSR count). The van der Waals surface area contributed by atoms with Crippen molar-refractivity contribution in [3.63, 3.8) is 0 Å². The van der Waals surface area contributed by atoms with Crippen LogP contribution in [0.5, 0.6) is 0 Å². The molecule has 0 aliphatic carbocycles. The molecule has 0 aliphatic heterocycles. The molecule has 21 heavy (non-hydrogen) atoms. The van der Waals surface area contributed by atoms with E-state index < -0.39 is 15.8 Å². The minimum absolute atomic E-state index is 0.0614. The maximum absolute atomic E-state index is 13.8. The highest BCUT2D eigenvalue weighted by atomic mass is 32.2. The van der Waals surface area contributed by atoms with Gasteiger partial charge in [-0.25, -0.2) is 17.5 Å². The van der Waals surface area contributed by atoms with E-state index in [1.807, 2.05) is 0 Å². The summed E-state index contributed by atoms with van der Waals surface area (Å²) in [5.74, 6) is -0.770. The molecule has 0 saturated heterocycles. The Morgan fingerprint density at radius 3 is 2.67 bits per heavy atom. The summed E-state index contributed by atoms with van der Waals surface area (Å²) in [6.45, 7) is 0.525. The number of rotatable bonds is 6. The van der Waals surface area contributed by atoms with Gasteiger partial charge in [0.1, 0.15) is 10.7 Å². The average Bonchev–Trinajstić information content (AvgIpc) is 2.48. The quantitative estimate of drug-likeness (QED) is 0.846. The van der Waals surface area contributed by atoms with E-state index in [-0.39, 0.29) is 11.4 Å². The van der Waals surface area contributed by atoms with Crippen LogP contribution < -0.4 is 10.0 Å². The van der Waals surface area contributed by atoms with E-state index in [4.69, 9.17) is 0 Å². The fourth-order valence-electron chi connectivity index (χ4n) is 1.83. The van der Waals surface area contributed by atoms with E-state index >= 15 is 0 Å². The van der Waals surface area contributed by atoms with Crippen LogP contribution in [-0.2, 0) is 23.1 Å². The van der Waals surface area contributed by atoms with E-state index in [9.17, 15) is 12.8 Å². The lowest BCUT2D eigenvalue weighted by molar-refractivity contribution is 0.555. The molecule has 1 aromatic heterocycles. The zero-order chi connectivity index (χ0) is 15.3. The van der Waals surface area contributed by atoms with Crippen LogP contribution in [0.1, 0.15) is 11.1 Å². The molecule has 0 radical (unpaired) electrons. The van der Waals surface area contributed by atoms with E-state index in [0.717, 1.165) is 6.07 Å². The standard InChI is InChI=1S/C14H16FN3O2S/c1-16-8-11-4-5-13(15)14(7-11)21(19,20)18-10-12-3-2-6-17-9-12/h2-7,9,16,18H,8,10H2,1H3. The summed E-state index contributed by atoms with van der Waals surface area (Å²) in [6, 6.07) is 7.48. The topological polar surface area (TPSA) is 71.1 Å². The van der Waals surface area contributed by atoms with Gasteiger partial charge in [0.05, 0.1) is 0 Å². The Morgan fingerprint density at radius 2 is 2.00 bits per heavy atom. The molecule has 1 aromatic carbocycles. The molecular weight excluding hydrogens is 293 g/mol. The first-order valence-corrected chi connectivity index (χ1v) is 7.83. The first kappa shape index (κ1) is 15.6. The number of nitrogens with zero attached hydrogens (tertiary/aromatic N) is 1. The number of sulfonamides is 1. The second-order valence-electron chi connectivity index (χ2n) is 4.48. The first-order valence-electron chi connectivity index (χ1n) is 6.34. The lowest BCUT2D eigenvalue weighted by Gasteiger charge is -2.09. The molecular formula is C14H16FN3O2S. The number of hydrogen-bond acceptors (Lipinski definition) is 4. The Bertz CT molecular complexity index is 705. The van der Waals surface area contributed by atoms with Crippen LogP contribution in [0.15, 0.2) is 47.6 Å². The van der Waals surface area contributed by atoms with Crippen LogP contribution in [0.4, 0.5) is 4.39 Å². The molecule has 0 spiro atoms. The van der Waals surface area contributed by atoms with Crippen molar-refractivity contribution in [3.05, 3.63) is 59.7 Å². The van der Waals surface area contributed by atoms with Crippen LogP contribution in [0, 0.1) is 5.82 Å². The normalized spacial score (nSPS) is 11.5. The summed E-state index contributed by atoms with van der Waals surface area (Å²) in [7, 11) is -2.18. The Balaban J connectivity index is 2.21. The molecule has 2 aromatic rings. The monoisotopic (exact) mass is 309 g/mol. The summed E-state index contributed by atoms with van der Waals surface area (Å²) in [5.41, 5.74) is 1.40. The van der Waals surface area contributed by atoms with Crippen LogP contribution in [0.25, 0.3) is 0 Å². The highest BCUT2D eigenvalue weighted by molar-refractivity contribution is 7.89. The fourth-order valence-corrected chi connectivity index (χ4v) is 2.97. The molecule has 0 fully saturated rings.